The predicted molar refractivity (Wildman–Crippen MR) is 64.6 cm³/mol. The molecule has 96 valence electrons. The van der Waals surface area contributed by atoms with Crippen molar-refractivity contribution in [2.75, 3.05) is 0 Å². The minimum absolute atomic E-state index is 0.0548. The van der Waals surface area contributed by atoms with Crippen LogP contribution in [0.3, 0.4) is 0 Å². The molecule has 0 aromatic carbocycles. The van der Waals surface area contributed by atoms with E-state index < -0.39 is 5.41 Å². The molecule has 0 bridgehead atoms. The van der Waals surface area contributed by atoms with Gasteiger partial charge in [-0.25, -0.2) is 0 Å². The van der Waals surface area contributed by atoms with Crippen molar-refractivity contribution in [2.45, 2.75) is 51.5 Å². The van der Waals surface area contributed by atoms with Gasteiger partial charge >= 0.3 is 0 Å². The van der Waals surface area contributed by atoms with Gasteiger partial charge < -0.3 is 16.3 Å². The van der Waals surface area contributed by atoms with Crippen molar-refractivity contribution in [1.82, 2.24) is 5.32 Å². The van der Waals surface area contributed by atoms with Gasteiger partial charge in [0.05, 0.1) is 0 Å². The number of carbonyl (C=O) groups excluding carboxylic acids is 1. The summed E-state index contributed by atoms with van der Waals surface area (Å²) in [6.07, 6.45) is 5.80. The monoisotopic (exact) mass is 239 g/mol. The second-order valence-corrected chi connectivity index (χ2v) is 5.50. The Morgan fingerprint density at radius 1 is 1.35 bits per heavy atom. The Morgan fingerprint density at radius 2 is 1.94 bits per heavy atom. The number of amides is 1. The van der Waals surface area contributed by atoms with Crippen molar-refractivity contribution >= 4 is 11.7 Å². The van der Waals surface area contributed by atoms with Gasteiger partial charge in [-0.3, -0.25) is 4.79 Å². The number of carbonyl (C=O) groups is 1. The standard InChI is InChI=1S/C12H21N3O2/c1-8-2-4-9(5-3-8)14-11(16)12(6-7-12)10(13)15-17/h8-9,17H,2-7H2,1H3,(H2,13,15)(H,14,16). The molecule has 5 heteroatoms. The number of hydrogen-bond donors (Lipinski definition) is 3. The third-order valence-corrected chi connectivity index (χ3v) is 4.13. The van der Waals surface area contributed by atoms with E-state index in [0.29, 0.717) is 12.8 Å². The average Bonchev–Trinajstić information content (AvgIpc) is 3.12. The molecule has 2 saturated carbocycles. The molecule has 0 unspecified atom stereocenters. The third kappa shape index (κ3) is 2.37. The highest BCUT2D eigenvalue weighted by atomic mass is 16.4. The molecule has 0 heterocycles. The van der Waals surface area contributed by atoms with Crippen LogP contribution in [0.5, 0.6) is 0 Å². The Bertz CT molecular complexity index is 329. The van der Waals surface area contributed by atoms with Crippen LogP contribution in [0, 0.1) is 11.3 Å². The molecular weight excluding hydrogens is 218 g/mol. The number of oxime groups is 1. The molecule has 1 amide bonds. The molecule has 0 aliphatic heterocycles. The molecule has 0 aromatic rings. The third-order valence-electron chi connectivity index (χ3n) is 4.13. The minimum Gasteiger partial charge on any atom is -0.409 e. The molecule has 0 radical (unpaired) electrons. The number of nitrogens with two attached hydrogens (primary N) is 1. The van der Waals surface area contributed by atoms with Crippen LogP contribution in [0.1, 0.15) is 45.4 Å². The Hall–Kier alpha value is -1.26. The first-order chi connectivity index (χ1) is 8.08. The summed E-state index contributed by atoms with van der Waals surface area (Å²) in [6.45, 7) is 2.25. The normalized spacial score (nSPS) is 31.9. The molecular formula is C12H21N3O2. The Labute approximate surface area is 101 Å². The van der Waals surface area contributed by atoms with Crippen LogP contribution < -0.4 is 11.1 Å². The molecule has 2 rings (SSSR count). The SMILES string of the molecule is CC1CCC(NC(=O)C2(C(N)=NO)CC2)CC1. The summed E-state index contributed by atoms with van der Waals surface area (Å²) in [6, 6.07) is 0.266. The average molecular weight is 239 g/mol. The second-order valence-electron chi connectivity index (χ2n) is 5.50. The summed E-state index contributed by atoms with van der Waals surface area (Å²) >= 11 is 0. The number of rotatable bonds is 3. The van der Waals surface area contributed by atoms with Crippen molar-refractivity contribution in [1.29, 1.82) is 0 Å². The van der Waals surface area contributed by atoms with Crippen LogP contribution >= 0.6 is 0 Å². The van der Waals surface area contributed by atoms with E-state index in [1.165, 1.54) is 12.8 Å². The van der Waals surface area contributed by atoms with Gasteiger partial charge in [0.2, 0.25) is 5.91 Å². The summed E-state index contributed by atoms with van der Waals surface area (Å²) in [5, 5.41) is 14.7. The summed E-state index contributed by atoms with van der Waals surface area (Å²) in [4.78, 5) is 12.1. The van der Waals surface area contributed by atoms with Crippen LogP contribution in [0.4, 0.5) is 0 Å². The molecule has 0 spiro atoms. The summed E-state index contributed by atoms with van der Waals surface area (Å²) < 4.78 is 0. The fourth-order valence-electron chi connectivity index (χ4n) is 2.55. The molecule has 2 aliphatic rings. The van der Waals surface area contributed by atoms with E-state index in [2.05, 4.69) is 17.4 Å². The van der Waals surface area contributed by atoms with E-state index >= 15 is 0 Å². The van der Waals surface area contributed by atoms with Crippen molar-refractivity contribution in [2.24, 2.45) is 22.2 Å². The van der Waals surface area contributed by atoms with Crippen molar-refractivity contribution < 1.29 is 10.0 Å². The van der Waals surface area contributed by atoms with Gasteiger partial charge in [0.1, 0.15) is 5.41 Å². The molecule has 2 aliphatic carbocycles. The van der Waals surface area contributed by atoms with E-state index in [0.717, 1.165) is 18.8 Å². The number of amidine groups is 1. The Balaban J connectivity index is 1.90. The van der Waals surface area contributed by atoms with E-state index in [1.807, 2.05) is 0 Å². The van der Waals surface area contributed by atoms with Crippen LogP contribution in [0.25, 0.3) is 0 Å². The summed E-state index contributed by atoms with van der Waals surface area (Å²) in [5.74, 6) is 0.758. The zero-order valence-electron chi connectivity index (χ0n) is 10.3. The van der Waals surface area contributed by atoms with Gasteiger partial charge in [0.15, 0.2) is 5.84 Å². The second kappa shape index (κ2) is 4.55. The number of hydrogen-bond acceptors (Lipinski definition) is 3. The molecule has 17 heavy (non-hydrogen) atoms. The zero-order chi connectivity index (χ0) is 12.5. The maximum atomic E-state index is 12.1. The van der Waals surface area contributed by atoms with Gasteiger partial charge in [-0.15, -0.1) is 0 Å². The summed E-state index contributed by atoms with van der Waals surface area (Å²) in [7, 11) is 0. The van der Waals surface area contributed by atoms with Gasteiger partial charge in [0.25, 0.3) is 0 Å². The van der Waals surface area contributed by atoms with Gasteiger partial charge in [-0.05, 0) is 44.4 Å². The van der Waals surface area contributed by atoms with Crippen molar-refractivity contribution in [3.8, 4) is 0 Å². The summed E-state index contributed by atoms with van der Waals surface area (Å²) in [5.41, 5.74) is 4.87. The quantitative estimate of drug-likeness (QED) is 0.299. The lowest BCUT2D eigenvalue weighted by Gasteiger charge is -2.28. The molecule has 0 aromatic heterocycles. The molecule has 5 nitrogen and oxygen atoms in total. The molecule has 0 atom stereocenters. The van der Waals surface area contributed by atoms with E-state index in [-0.39, 0.29) is 17.8 Å². The smallest absolute Gasteiger partial charge is 0.234 e. The Kier molecular flexibility index (Phi) is 3.26. The molecule has 2 fully saturated rings. The highest BCUT2D eigenvalue weighted by Gasteiger charge is 2.54. The van der Waals surface area contributed by atoms with Crippen molar-refractivity contribution in [3.05, 3.63) is 0 Å². The largest absolute Gasteiger partial charge is 0.409 e. The van der Waals surface area contributed by atoms with E-state index in [4.69, 9.17) is 10.9 Å². The van der Waals surface area contributed by atoms with Crippen LogP contribution in [-0.4, -0.2) is 23.0 Å². The number of nitrogens with zero attached hydrogens (tertiary/aromatic N) is 1. The maximum absolute atomic E-state index is 12.1. The zero-order valence-corrected chi connectivity index (χ0v) is 10.3. The first-order valence-electron chi connectivity index (χ1n) is 6.37. The van der Waals surface area contributed by atoms with Crippen LogP contribution in [-0.2, 0) is 4.79 Å². The highest BCUT2D eigenvalue weighted by Crippen LogP contribution is 2.46. The Morgan fingerprint density at radius 3 is 2.41 bits per heavy atom. The van der Waals surface area contributed by atoms with Crippen LogP contribution in [0.2, 0.25) is 0 Å². The minimum atomic E-state index is -0.711. The first kappa shape index (κ1) is 12.2. The molecule has 0 saturated heterocycles. The fraction of sp³-hybridized carbons (Fsp3) is 0.833. The lowest BCUT2D eigenvalue weighted by Crippen LogP contribution is -2.46. The number of nitrogens with one attached hydrogen (secondary N) is 1. The van der Waals surface area contributed by atoms with E-state index in [1.54, 1.807) is 0 Å². The topological polar surface area (TPSA) is 87.7 Å². The maximum Gasteiger partial charge on any atom is 0.234 e. The van der Waals surface area contributed by atoms with E-state index in [9.17, 15) is 4.79 Å². The highest BCUT2D eigenvalue weighted by molar-refractivity contribution is 6.09. The lowest BCUT2D eigenvalue weighted by molar-refractivity contribution is -0.125. The first-order valence-corrected chi connectivity index (χ1v) is 6.37. The predicted octanol–water partition coefficient (Wildman–Crippen LogP) is 1.21. The van der Waals surface area contributed by atoms with Gasteiger partial charge in [0, 0.05) is 6.04 Å². The van der Waals surface area contributed by atoms with Gasteiger partial charge in [-0.1, -0.05) is 12.1 Å². The van der Waals surface area contributed by atoms with Gasteiger partial charge in [-0.2, -0.15) is 0 Å². The molecule has 4 N–H and O–H groups in total. The lowest BCUT2D eigenvalue weighted by atomic mass is 9.87. The van der Waals surface area contributed by atoms with Crippen molar-refractivity contribution in [3.63, 3.8) is 0 Å². The van der Waals surface area contributed by atoms with Crippen LogP contribution in [0.15, 0.2) is 5.16 Å². The fourth-order valence-corrected chi connectivity index (χ4v) is 2.55.